The summed E-state index contributed by atoms with van der Waals surface area (Å²) in [5.41, 5.74) is 0. The first kappa shape index (κ1) is 15.5. The van der Waals surface area contributed by atoms with Crippen LogP contribution < -0.4 is 0 Å². The monoisotopic (exact) mass is 248 g/mol. The number of hydrogen-bond acceptors (Lipinski definition) is 2. The molecule has 0 fully saturated rings. The van der Waals surface area contributed by atoms with Crippen molar-refractivity contribution in [3.63, 3.8) is 0 Å². The topological polar surface area (TPSA) is 18.5 Å². The molecule has 3 heteroatoms. The van der Waals surface area contributed by atoms with E-state index in [-0.39, 0.29) is 32.7 Å². The third-order valence-corrected chi connectivity index (χ3v) is 1.53. The zero-order valence-corrected chi connectivity index (χ0v) is 10.9. The molecule has 0 aliphatic heterocycles. The van der Waals surface area contributed by atoms with Gasteiger partial charge in [0, 0.05) is 52.5 Å². The maximum absolute atomic E-state index is 5.20. The minimum Gasteiger partial charge on any atom is -0.555 e. The fourth-order valence-electron chi connectivity index (χ4n) is 0.906. The van der Waals surface area contributed by atoms with E-state index in [0.717, 1.165) is 26.2 Å². The smallest absolute Gasteiger partial charge is 0.0465 e. The third-order valence-electron chi connectivity index (χ3n) is 1.53. The molecule has 0 aliphatic carbocycles. The van der Waals surface area contributed by atoms with E-state index in [9.17, 15) is 0 Å². The Kier molecular flexibility index (Phi) is 18.8. The molecular formula is C9H19O2Y-. The summed E-state index contributed by atoms with van der Waals surface area (Å²) in [7, 11) is 3.31. The minimum atomic E-state index is 0. The van der Waals surface area contributed by atoms with Gasteiger partial charge in [0.1, 0.15) is 0 Å². The van der Waals surface area contributed by atoms with Gasteiger partial charge in [-0.05, 0) is 19.8 Å². The number of hydrogen-bond donors (Lipinski definition) is 0. The van der Waals surface area contributed by atoms with Crippen molar-refractivity contribution in [2.75, 3.05) is 19.8 Å². The molecule has 0 aliphatic rings. The predicted octanol–water partition coefficient (Wildman–Crippen LogP) is 2.39. The van der Waals surface area contributed by atoms with Crippen LogP contribution >= 0.6 is 0 Å². The zero-order valence-electron chi connectivity index (χ0n) is 8.05. The van der Waals surface area contributed by atoms with E-state index in [1.165, 1.54) is 19.3 Å². The summed E-state index contributed by atoms with van der Waals surface area (Å²) in [6.45, 7) is 4.55. The molecule has 0 amide bonds. The molecule has 71 valence electrons. The van der Waals surface area contributed by atoms with E-state index in [1.54, 1.807) is 0 Å². The largest absolute Gasteiger partial charge is 0.555 e. The maximum atomic E-state index is 5.20. The average molecular weight is 248 g/mol. The SMILES string of the molecule is [CH2-]OCCCCCCOCC.[Y]. The summed E-state index contributed by atoms with van der Waals surface area (Å²) in [6, 6.07) is 0. The molecule has 1 radical (unpaired) electrons. The van der Waals surface area contributed by atoms with Gasteiger partial charge in [0.15, 0.2) is 0 Å². The average Bonchev–Trinajstić information content (AvgIpc) is 2.03. The first-order chi connectivity index (χ1) is 5.41. The van der Waals surface area contributed by atoms with Gasteiger partial charge in [-0.1, -0.05) is 12.8 Å². The van der Waals surface area contributed by atoms with Crippen molar-refractivity contribution in [1.29, 1.82) is 0 Å². The Morgan fingerprint density at radius 1 is 1.00 bits per heavy atom. The molecule has 0 aromatic carbocycles. The van der Waals surface area contributed by atoms with Crippen molar-refractivity contribution in [3.05, 3.63) is 7.11 Å². The number of unbranched alkanes of at least 4 members (excludes halogenated alkanes) is 3. The van der Waals surface area contributed by atoms with E-state index < -0.39 is 0 Å². The molecule has 0 atom stereocenters. The van der Waals surface area contributed by atoms with E-state index in [4.69, 9.17) is 4.74 Å². The zero-order chi connectivity index (χ0) is 8.36. The van der Waals surface area contributed by atoms with Crippen molar-refractivity contribution >= 4 is 0 Å². The molecule has 0 unspecified atom stereocenters. The molecule has 0 saturated carbocycles. The quantitative estimate of drug-likeness (QED) is 0.485. The fourth-order valence-corrected chi connectivity index (χ4v) is 0.906. The first-order valence-corrected chi connectivity index (χ1v) is 4.36. The Labute approximate surface area is 101 Å². The third kappa shape index (κ3) is 13.6. The second-order valence-electron chi connectivity index (χ2n) is 2.52. The molecule has 0 aromatic heterocycles. The molecule has 0 rings (SSSR count). The summed E-state index contributed by atoms with van der Waals surface area (Å²) >= 11 is 0. The molecule has 2 nitrogen and oxygen atoms in total. The standard InChI is InChI=1S/C9H19O2.Y/c1-3-11-9-7-5-4-6-8-10-2;/h2-9H2,1H3;/q-1;. The van der Waals surface area contributed by atoms with Crippen LogP contribution in [-0.4, -0.2) is 19.8 Å². The van der Waals surface area contributed by atoms with Crippen LogP contribution in [0.1, 0.15) is 32.6 Å². The molecule has 0 bridgehead atoms. The Bertz CT molecular complexity index is 61.5. The Morgan fingerprint density at radius 2 is 1.58 bits per heavy atom. The fraction of sp³-hybridized carbons (Fsp3) is 0.889. The van der Waals surface area contributed by atoms with Crippen LogP contribution in [0.2, 0.25) is 0 Å². The van der Waals surface area contributed by atoms with Crippen LogP contribution in [0.4, 0.5) is 0 Å². The van der Waals surface area contributed by atoms with Gasteiger partial charge in [-0.2, -0.15) is 0 Å². The maximum Gasteiger partial charge on any atom is 0.0465 e. The normalized spacial score (nSPS) is 9.50. The summed E-state index contributed by atoms with van der Waals surface area (Å²) in [6.07, 6.45) is 4.76. The van der Waals surface area contributed by atoms with Crippen molar-refractivity contribution in [3.8, 4) is 0 Å². The number of ether oxygens (including phenoxy) is 2. The summed E-state index contributed by atoms with van der Waals surface area (Å²) in [5.74, 6) is 0. The van der Waals surface area contributed by atoms with E-state index in [1.807, 2.05) is 6.92 Å². The van der Waals surface area contributed by atoms with Crippen LogP contribution in [0.5, 0.6) is 0 Å². The second-order valence-corrected chi connectivity index (χ2v) is 2.52. The Balaban J connectivity index is 0. The first-order valence-electron chi connectivity index (χ1n) is 4.36. The van der Waals surface area contributed by atoms with Gasteiger partial charge in [-0.25, -0.2) is 7.11 Å². The van der Waals surface area contributed by atoms with Crippen LogP contribution in [0.25, 0.3) is 0 Å². The second kappa shape index (κ2) is 14.5. The Hall–Kier alpha value is 1.02. The van der Waals surface area contributed by atoms with Crippen molar-refractivity contribution in [2.24, 2.45) is 0 Å². The summed E-state index contributed by atoms with van der Waals surface area (Å²) in [4.78, 5) is 0. The van der Waals surface area contributed by atoms with Gasteiger partial charge in [0.2, 0.25) is 0 Å². The van der Waals surface area contributed by atoms with Gasteiger partial charge < -0.3 is 9.47 Å². The molecular weight excluding hydrogens is 229 g/mol. The van der Waals surface area contributed by atoms with Gasteiger partial charge in [-0.3, -0.25) is 0 Å². The minimum absolute atomic E-state index is 0. The van der Waals surface area contributed by atoms with Crippen molar-refractivity contribution in [1.82, 2.24) is 0 Å². The van der Waals surface area contributed by atoms with Gasteiger partial charge in [-0.15, -0.1) is 0 Å². The van der Waals surface area contributed by atoms with E-state index in [2.05, 4.69) is 11.8 Å². The van der Waals surface area contributed by atoms with Crippen molar-refractivity contribution < 1.29 is 42.2 Å². The Morgan fingerprint density at radius 3 is 2.08 bits per heavy atom. The molecule has 12 heavy (non-hydrogen) atoms. The number of rotatable bonds is 8. The van der Waals surface area contributed by atoms with Crippen LogP contribution in [-0.2, 0) is 42.2 Å². The van der Waals surface area contributed by atoms with E-state index in [0.29, 0.717) is 0 Å². The summed E-state index contributed by atoms with van der Waals surface area (Å²) < 4.78 is 9.88. The summed E-state index contributed by atoms with van der Waals surface area (Å²) in [5, 5.41) is 0. The molecule has 0 aromatic rings. The van der Waals surface area contributed by atoms with Gasteiger partial charge >= 0.3 is 0 Å². The van der Waals surface area contributed by atoms with E-state index >= 15 is 0 Å². The van der Waals surface area contributed by atoms with Gasteiger partial charge in [0.05, 0.1) is 0 Å². The van der Waals surface area contributed by atoms with Crippen LogP contribution in [0.15, 0.2) is 0 Å². The molecule has 0 N–H and O–H groups in total. The molecule has 0 heterocycles. The van der Waals surface area contributed by atoms with Gasteiger partial charge in [0.25, 0.3) is 0 Å². The molecule has 0 saturated heterocycles. The van der Waals surface area contributed by atoms with Crippen LogP contribution in [0.3, 0.4) is 0 Å². The molecule has 0 spiro atoms. The van der Waals surface area contributed by atoms with Crippen molar-refractivity contribution in [2.45, 2.75) is 32.6 Å². The predicted molar refractivity (Wildman–Crippen MR) is 46.3 cm³/mol. The van der Waals surface area contributed by atoms with Crippen LogP contribution in [0, 0.1) is 7.11 Å².